The van der Waals surface area contributed by atoms with E-state index in [1.54, 1.807) is 19.1 Å². The number of hydrogen-bond donors (Lipinski definition) is 1. The molecule has 0 aliphatic carbocycles. The summed E-state index contributed by atoms with van der Waals surface area (Å²) < 4.78 is 16.6. The van der Waals surface area contributed by atoms with Crippen LogP contribution >= 0.6 is 31.9 Å². The Kier molecular flexibility index (Phi) is 14.7. The second kappa shape index (κ2) is 17.2. The molecule has 2 aromatic rings. The average Bonchev–Trinajstić information content (AvgIpc) is 2.87. The zero-order chi connectivity index (χ0) is 27.2. The van der Waals surface area contributed by atoms with Gasteiger partial charge < -0.3 is 19.5 Å². The Hall–Kier alpha value is -1.50. The molecule has 1 aromatic heterocycles. The third-order valence-corrected chi connectivity index (χ3v) is 6.78. The molecule has 9 nitrogen and oxygen atoms in total. The topological polar surface area (TPSA) is 103 Å². The molecule has 1 amide bonds. The van der Waals surface area contributed by atoms with E-state index in [1.165, 1.54) is 0 Å². The number of likely N-dealkylation sites (N-methyl/N-ethyl adjacent to an activating group) is 1. The van der Waals surface area contributed by atoms with Crippen LogP contribution in [0.15, 0.2) is 18.2 Å². The highest BCUT2D eigenvalue weighted by atomic mass is 79.9. The largest absolute Gasteiger partial charge is 0.378 e. The van der Waals surface area contributed by atoms with Crippen LogP contribution in [0.1, 0.15) is 42.5 Å². The Bertz CT molecular complexity index is 1010. The van der Waals surface area contributed by atoms with Crippen molar-refractivity contribution in [3.63, 3.8) is 0 Å². The van der Waals surface area contributed by atoms with Crippen LogP contribution < -0.4 is 5.32 Å². The van der Waals surface area contributed by atoms with Crippen LogP contribution in [-0.4, -0.2) is 92.4 Å². The molecule has 0 fully saturated rings. The lowest BCUT2D eigenvalue weighted by Gasteiger charge is -2.28. The first kappa shape index (κ1) is 31.7. The number of halogens is 2. The molecule has 0 spiro atoms. The van der Waals surface area contributed by atoms with Crippen molar-refractivity contribution < 1.29 is 23.8 Å². The monoisotopic (exact) mass is 644 g/mol. The first-order valence-corrected chi connectivity index (χ1v) is 14.7. The van der Waals surface area contributed by atoms with Gasteiger partial charge in [0.1, 0.15) is 5.78 Å². The summed E-state index contributed by atoms with van der Waals surface area (Å²) in [5, 5.41) is 4.08. The lowest BCUT2D eigenvalue weighted by atomic mass is 9.99. The molecule has 206 valence electrons. The second-order valence-corrected chi connectivity index (χ2v) is 10.1. The number of amides is 1. The summed E-state index contributed by atoms with van der Waals surface area (Å²) in [7, 11) is 1.95. The number of nitrogens with one attached hydrogen (secondary N) is 1. The second-order valence-electron chi connectivity index (χ2n) is 8.96. The Morgan fingerprint density at radius 3 is 2.05 bits per heavy atom. The molecule has 0 aliphatic heterocycles. The van der Waals surface area contributed by atoms with Crippen molar-refractivity contribution in [2.75, 3.05) is 59.8 Å². The molecule has 1 N–H and O–H groups in total. The van der Waals surface area contributed by atoms with E-state index < -0.39 is 0 Å². The lowest BCUT2D eigenvalue weighted by molar-refractivity contribution is -0.123. The van der Waals surface area contributed by atoms with E-state index in [4.69, 9.17) is 14.2 Å². The van der Waals surface area contributed by atoms with Gasteiger partial charge in [0.15, 0.2) is 0 Å². The van der Waals surface area contributed by atoms with Gasteiger partial charge in [0.05, 0.1) is 68.1 Å². The number of Topliss-reactive ketones (excluding diaryl/α,β-unsaturated/α-hetero) is 1. The molecule has 0 unspecified atom stereocenters. The van der Waals surface area contributed by atoms with Gasteiger partial charge in [-0.2, -0.15) is 0 Å². The molecule has 0 saturated heterocycles. The van der Waals surface area contributed by atoms with E-state index in [2.05, 4.69) is 61.0 Å². The third-order valence-electron chi connectivity index (χ3n) is 5.72. The van der Waals surface area contributed by atoms with Gasteiger partial charge in [-0.1, -0.05) is 45.7 Å². The van der Waals surface area contributed by atoms with Crippen LogP contribution in [-0.2, 0) is 29.7 Å². The molecular formula is C26H38Br2N4O5. The number of ketones is 1. The predicted molar refractivity (Wildman–Crippen MR) is 152 cm³/mol. The van der Waals surface area contributed by atoms with Crippen molar-refractivity contribution in [3.05, 3.63) is 35.2 Å². The van der Waals surface area contributed by atoms with Crippen LogP contribution in [0.5, 0.6) is 0 Å². The minimum Gasteiger partial charge on any atom is -0.378 e. The maximum absolute atomic E-state index is 12.5. The maximum Gasteiger partial charge on any atom is 0.251 e. The molecule has 1 atom stereocenters. The fourth-order valence-corrected chi connectivity index (χ4v) is 4.90. The van der Waals surface area contributed by atoms with Crippen molar-refractivity contribution in [2.45, 2.75) is 37.5 Å². The summed E-state index contributed by atoms with van der Waals surface area (Å²) in [6.07, 6.45) is 0. The Morgan fingerprint density at radius 1 is 0.919 bits per heavy atom. The minimum atomic E-state index is -0.181. The van der Waals surface area contributed by atoms with Crippen LogP contribution in [0.3, 0.4) is 0 Å². The number of benzene rings is 1. The van der Waals surface area contributed by atoms with Crippen molar-refractivity contribution >= 4 is 54.6 Å². The molecule has 1 heterocycles. The van der Waals surface area contributed by atoms with Gasteiger partial charge in [0.25, 0.3) is 5.91 Å². The SMILES string of the molecule is CC(=O)[C@H](C(C)C)N(C)CCOCCOCCOCCNC(=O)c1ccc2nc(CBr)c(CBr)nc2c1. The summed E-state index contributed by atoms with van der Waals surface area (Å²) in [4.78, 5) is 35.5. The van der Waals surface area contributed by atoms with Crippen molar-refractivity contribution in [3.8, 4) is 0 Å². The van der Waals surface area contributed by atoms with Crippen LogP contribution in [0, 0.1) is 5.92 Å². The van der Waals surface area contributed by atoms with Gasteiger partial charge in [-0.15, -0.1) is 0 Å². The number of aromatic nitrogens is 2. The van der Waals surface area contributed by atoms with E-state index in [-0.39, 0.29) is 23.7 Å². The van der Waals surface area contributed by atoms with Crippen molar-refractivity contribution in [1.29, 1.82) is 0 Å². The summed E-state index contributed by atoms with van der Waals surface area (Å²) in [5.41, 5.74) is 3.70. The number of fused-ring (bicyclic) bond motifs is 1. The highest BCUT2D eigenvalue weighted by Gasteiger charge is 2.22. The zero-order valence-electron chi connectivity index (χ0n) is 22.1. The predicted octanol–water partition coefficient (Wildman–Crippen LogP) is 3.74. The number of nitrogens with zero attached hydrogens (tertiary/aromatic N) is 3. The lowest BCUT2D eigenvalue weighted by Crippen LogP contribution is -2.42. The quantitative estimate of drug-likeness (QED) is 0.193. The molecular weight excluding hydrogens is 608 g/mol. The highest BCUT2D eigenvalue weighted by molar-refractivity contribution is 9.09. The van der Waals surface area contributed by atoms with E-state index in [9.17, 15) is 9.59 Å². The van der Waals surface area contributed by atoms with Gasteiger partial charge in [0, 0.05) is 29.3 Å². The summed E-state index contributed by atoms with van der Waals surface area (Å²) in [6, 6.07) is 5.23. The van der Waals surface area contributed by atoms with Gasteiger partial charge in [-0.25, -0.2) is 9.97 Å². The number of carbonyl (C=O) groups excluding carboxylic acids is 2. The minimum absolute atomic E-state index is 0.0800. The highest BCUT2D eigenvalue weighted by Crippen LogP contribution is 2.18. The first-order valence-electron chi connectivity index (χ1n) is 12.4. The van der Waals surface area contributed by atoms with E-state index in [1.807, 2.05) is 18.0 Å². The summed E-state index contributed by atoms with van der Waals surface area (Å²) in [6.45, 7) is 9.61. The smallest absolute Gasteiger partial charge is 0.251 e. The Labute approximate surface area is 236 Å². The number of ether oxygens (including phenoxy) is 3. The van der Waals surface area contributed by atoms with Crippen LogP contribution in [0.2, 0.25) is 0 Å². The Morgan fingerprint density at radius 2 is 1.49 bits per heavy atom. The molecule has 1 aromatic carbocycles. The van der Waals surface area contributed by atoms with Crippen molar-refractivity contribution in [2.24, 2.45) is 5.92 Å². The molecule has 0 bridgehead atoms. The molecule has 2 rings (SSSR count). The van der Waals surface area contributed by atoms with Gasteiger partial charge in [0.2, 0.25) is 0 Å². The van der Waals surface area contributed by atoms with Crippen LogP contribution in [0.25, 0.3) is 11.0 Å². The Balaban J connectivity index is 1.55. The third kappa shape index (κ3) is 10.6. The molecule has 0 aliphatic rings. The molecule has 0 radical (unpaired) electrons. The zero-order valence-corrected chi connectivity index (χ0v) is 25.3. The first-order chi connectivity index (χ1) is 17.8. The van der Waals surface area contributed by atoms with Gasteiger partial charge >= 0.3 is 0 Å². The fourth-order valence-electron chi connectivity index (χ4n) is 4.00. The van der Waals surface area contributed by atoms with Crippen molar-refractivity contribution in [1.82, 2.24) is 20.2 Å². The molecule has 0 saturated carbocycles. The average molecular weight is 646 g/mol. The van der Waals surface area contributed by atoms with Gasteiger partial charge in [-0.05, 0) is 38.1 Å². The number of hydrogen-bond acceptors (Lipinski definition) is 8. The fraction of sp³-hybridized carbons (Fsp3) is 0.615. The van der Waals surface area contributed by atoms with Crippen LogP contribution in [0.4, 0.5) is 0 Å². The number of alkyl halides is 2. The normalized spacial score (nSPS) is 12.4. The summed E-state index contributed by atoms with van der Waals surface area (Å²) >= 11 is 6.87. The maximum atomic E-state index is 12.5. The van der Waals surface area contributed by atoms with E-state index in [0.29, 0.717) is 74.5 Å². The molecule has 11 heteroatoms. The number of rotatable bonds is 18. The summed E-state index contributed by atoms with van der Waals surface area (Å²) in [5.74, 6) is 0.268. The van der Waals surface area contributed by atoms with E-state index in [0.717, 1.165) is 16.9 Å². The number of carbonyl (C=O) groups is 2. The standard InChI is InChI=1S/C26H38Br2N4O5/c1-18(2)25(19(3)33)32(4)8-10-36-12-14-37-13-11-35-9-7-29-26(34)20-5-6-21-22(15-20)31-24(17-28)23(16-27)30-21/h5-6,15,18,25H,7-14,16-17H2,1-4H3,(H,29,34)/t25-/m0/s1. The molecule has 37 heavy (non-hydrogen) atoms. The van der Waals surface area contributed by atoms with E-state index >= 15 is 0 Å². The van der Waals surface area contributed by atoms with Gasteiger partial charge in [-0.3, -0.25) is 14.5 Å².